The molecule has 0 bridgehead atoms. The normalized spacial score (nSPS) is 11.8. The number of aromatic hydroxyl groups is 1. The van der Waals surface area contributed by atoms with Crippen LogP contribution in [-0.2, 0) is 6.54 Å². The van der Waals surface area contributed by atoms with E-state index in [0.717, 1.165) is 13.1 Å². The summed E-state index contributed by atoms with van der Waals surface area (Å²) in [5.74, 6) is -0.783. The molecule has 160 valence electrons. The van der Waals surface area contributed by atoms with Gasteiger partial charge in [-0.25, -0.2) is 4.63 Å². The highest BCUT2D eigenvalue weighted by atomic mass is 16.6. The highest BCUT2D eigenvalue weighted by molar-refractivity contribution is 5.96. The van der Waals surface area contributed by atoms with Gasteiger partial charge in [-0.15, -0.1) is 15.3 Å². The van der Waals surface area contributed by atoms with Crippen molar-refractivity contribution in [2.24, 2.45) is 10.2 Å². The molecule has 0 radical (unpaired) electrons. The fourth-order valence-corrected chi connectivity index (χ4v) is 3.13. The summed E-state index contributed by atoms with van der Waals surface area (Å²) in [6, 6.07) is 7.14. The Morgan fingerprint density at radius 2 is 2.06 bits per heavy atom. The third-order valence-electron chi connectivity index (χ3n) is 4.83. The van der Waals surface area contributed by atoms with Crippen molar-refractivity contribution < 1.29 is 14.5 Å². The van der Waals surface area contributed by atoms with E-state index in [-0.39, 0.29) is 28.9 Å². The Labute approximate surface area is 175 Å². The Hall–Kier alpha value is -4.13. The summed E-state index contributed by atoms with van der Waals surface area (Å²) in [6.07, 6.45) is 0. The number of aromatic nitrogens is 6. The van der Waals surface area contributed by atoms with Crippen LogP contribution in [0, 0.1) is 0 Å². The molecule has 1 amide bonds. The van der Waals surface area contributed by atoms with Crippen molar-refractivity contribution in [2.75, 3.05) is 18.8 Å². The second kappa shape index (κ2) is 8.31. The number of carbonyl (C=O) groups is 1. The molecule has 0 unspecified atom stereocenters. The van der Waals surface area contributed by atoms with Crippen LogP contribution in [0.1, 0.15) is 30.0 Å². The second-order valence-electron chi connectivity index (χ2n) is 6.60. The molecule has 0 aliphatic rings. The highest BCUT2D eigenvalue weighted by Gasteiger charge is 2.25. The van der Waals surface area contributed by atoms with Crippen molar-refractivity contribution in [2.45, 2.75) is 20.4 Å². The van der Waals surface area contributed by atoms with E-state index in [9.17, 15) is 9.90 Å². The number of nitrogens with zero attached hydrogens (tertiary/aromatic N) is 8. The van der Waals surface area contributed by atoms with Crippen LogP contribution in [0.2, 0.25) is 0 Å². The highest BCUT2D eigenvalue weighted by Crippen LogP contribution is 2.35. The summed E-state index contributed by atoms with van der Waals surface area (Å²) < 4.78 is 5.95. The Kier molecular flexibility index (Phi) is 5.41. The quantitative estimate of drug-likeness (QED) is 0.375. The molecule has 0 aliphatic heterocycles. The molecular formula is C18H20N10O3. The number of amides is 1. The molecule has 1 aromatic carbocycles. The van der Waals surface area contributed by atoms with E-state index in [1.54, 1.807) is 18.2 Å². The van der Waals surface area contributed by atoms with E-state index in [4.69, 9.17) is 5.73 Å². The summed E-state index contributed by atoms with van der Waals surface area (Å²) in [7, 11) is 0. The molecule has 3 aromatic heterocycles. The fraction of sp³-hybridized carbons (Fsp3) is 0.278. The lowest BCUT2D eigenvalue weighted by Gasteiger charge is -2.18. The molecule has 0 aliphatic carbocycles. The molecule has 3 heterocycles. The van der Waals surface area contributed by atoms with Gasteiger partial charge < -0.3 is 15.8 Å². The monoisotopic (exact) mass is 424 g/mol. The van der Waals surface area contributed by atoms with E-state index in [1.807, 2.05) is 19.9 Å². The lowest BCUT2D eigenvalue weighted by molar-refractivity contribution is 0.0988. The summed E-state index contributed by atoms with van der Waals surface area (Å²) in [4.78, 5) is 17.7. The molecule has 0 saturated heterocycles. The standard InChI is InChI=1S/C18H20N10O3/c1-3-27(4-2)9-12-14(22-26-28(12)16-15(19)24-31-25-16)18(30)23-21-13-10-7-5-6-8-11(10)20-17(13)29/h5-8,20,29H,3-4,9H2,1-2H3,(H2,19,24). The maximum Gasteiger partial charge on any atom is 0.317 e. The molecule has 13 heteroatoms. The Morgan fingerprint density at radius 3 is 2.77 bits per heavy atom. The molecule has 0 atom stereocenters. The first-order chi connectivity index (χ1) is 15.0. The summed E-state index contributed by atoms with van der Waals surface area (Å²) >= 11 is 0. The number of benzene rings is 1. The van der Waals surface area contributed by atoms with Crippen molar-refractivity contribution in [1.82, 2.24) is 35.2 Å². The molecular weight excluding hydrogens is 404 g/mol. The zero-order valence-corrected chi connectivity index (χ0v) is 16.8. The van der Waals surface area contributed by atoms with Crippen LogP contribution >= 0.6 is 0 Å². The maximum absolute atomic E-state index is 12.9. The summed E-state index contributed by atoms with van der Waals surface area (Å²) in [5, 5.41) is 33.7. The molecule has 13 nitrogen and oxygen atoms in total. The predicted molar refractivity (Wildman–Crippen MR) is 109 cm³/mol. The van der Waals surface area contributed by atoms with E-state index >= 15 is 0 Å². The minimum atomic E-state index is -0.729. The van der Waals surface area contributed by atoms with E-state index in [1.165, 1.54) is 4.68 Å². The van der Waals surface area contributed by atoms with E-state index in [0.29, 0.717) is 23.1 Å². The van der Waals surface area contributed by atoms with Gasteiger partial charge in [0.1, 0.15) is 0 Å². The summed E-state index contributed by atoms with van der Waals surface area (Å²) in [6.45, 7) is 5.77. The number of nitrogens with one attached hydrogen (secondary N) is 1. The van der Waals surface area contributed by atoms with Crippen LogP contribution in [0.25, 0.3) is 16.7 Å². The van der Waals surface area contributed by atoms with Crippen LogP contribution in [0.15, 0.2) is 39.1 Å². The molecule has 31 heavy (non-hydrogen) atoms. The van der Waals surface area contributed by atoms with Gasteiger partial charge in [0.2, 0.25) is 17.5 Å². The first kappa shape index (κ1) is 20.2. The summed E-state index contributed by atoms with van der Waals surface area (Å²) in [5.41, 5.74) is 7.01. The van der Waals surface area contributed by atoms with Gasteiger partial charge in [-0.3, -0.25) is 9.69 Å². The van der Waals surface area contributed by atoms with Gasteiger partial charge in [0.25, 0.3) is 0 Å². The number of anilines is 1. The van der Waals surface area contributed by atoms with Crippen LogP contribution in [-0.4, -0.2) is 59.3 Å². The number of nitrogens with two attached hydrogens (primary N) is 1. The van der Waals surface area contributed by atoms with Crippen molar-refractivity contribution in [3.63, 3.8) is 0 Å². The van der Waals surface area contributed by atoms with Gasteiger partial charge >= 0.3 is 5.91 Å². The number of carbonyl (C=O) groups excluding carboxylic acids is 1. The number of H-pyrrole nitrogens is 1. The third kappa shape index (κ3) is 3.73. The van der Waals surface area contributed by atoms with Gasteiger partial charge in [-0.2, -0.15) is 4.68 Å². The largest absolute Gasteiger partial charge is 0.493 e. The SMILES string of the molecule is CCN(CC)Cc1c(C(=O)N=Nc2c(O)[nH]c3ccccc23)nnn1-c1nonc1N. The van der Waals surface area contributed by atoms with E-state index < -0.39 is 5.91 Å². The Bertz CT molecular complexity index is 1250. The van der Waals surface area contributed by atoms with E-state index in [2.05, 4.69) is 45.4 Å². The van der Waals surface area contributed by atoms with Crippen LogP contribution in [0.5, 0.6) is 5.88 Å². The first-order valence-electron chi connectivity index (χ1n) is 9.54. The number of aromatic amines is 1. The predicted octanol–water partition coefficient (Wildman–Crippen LogP) is 2.19. The van der Waals surface area contributed by atoms with Crippen molar-refractivity contribution in [1.29, 1.82) is 0 Å². The zero-order chi connectivity index (χ0) is 22.0. The topological polar surface area (TPSA) is 177 Å². The van der Waals surface area contributed by atoms with Gasteiger partial charge in [0.15, 0.2) is 11.4 Å². The third-order valence-corrected chi connectivity index (χ3v) is 4.83. The molecule has 4 N–H and O–H groups in total. The second-order valence-corrected chi connectivity index (χ2v) is 6.60. The van der Waals surface area contributed by atoms with Gasteiger partial charge in [0, 0.05) is 11.9 Å². The number of para-hydroxylation sites is 1. The molecule has 0 fully saturated rings. The number of azo groups is 1. The number of fused-ring (bicyclic) bond motifs is 1. The minimum Gasteiger partial charge on any atom is -0.493 e. The molecule has 0 saturated carbocycles. The average Bonchev–Trinajstić information content (AvgIpc) is 3.46. The Morgan fingerprint density at radius 1 is 1.29 bits per heavy atom. The number of hydrogen-bond acceptors (Lipinski definition) is 10. The Balaban J connectivity index is 1.72. The van der Waals surface area contributed by atoms with Crippen LogP contribution < -0.4 is 5.73 Å². The molecule has 0 spiro atoms. The average molecular weight is 424 g/mol. The number of hydrogen-bond donors (Lipinski definition) is 3. The van der Waals surface area contributed by atoms with Crippen molar-refractivity contribution in [3.05, 3.63) is 35.7 Å². The van der Waals surface area contributed by atoms with Gasteiger partial charge in [0.05, 0.1) is 11.2 Å². The lowest BCUT2D eigenvalue weighted by Crippen LogP contribution is -2.25. The van der Waals surface area contributed by atoms with Crippen molar-refractivity contribution >= 4 is 28.3 Å². The number of rotatable bonds is 7. The minimum absolute atomic E-state index is 0.00929. The van der Waals surface area contributed by atoms with Crippen LogP contribution in [0.4, 0.5) is 11.5 Å². The van der Waals surface area contributed by atoms with Gasteiger partial charge in [-0.05, 0) is 29.5 Å². The fourth-order valence-electron chi connectivity index (χ4n) is 3.13. The molecule has 4 rings (SSSR count). The number of nitrogen functional groups attached to an aromatic ring is 1. The van der Waals surface area contributed by atoms with Crippen molar-refractivity contribution in [3.8, 4) is 11.7 Å². The zero-order valence-electron chi connectivity index (χ0n) is 16.8. The lowest BCUT2D eigenvalue weighted by atomic mass is 10.2. The van der Waals surface area contributed by atoms with Crippen LogP contribution in [0.3, 0.4) is 0 Å². The first-order valence-corrected chi connectivity index (χ1v) is 9.54. The molecule has 4 aromatic rings. The van der Waals surface area contributed by atoms with Gasteiger partial charge in [-0.1, -0.05) is 37.3 Å². The maximum atomic E-state index is 12.9. The smallest absolute Gasteiger partial charge is 0.317 e.